The summed E-state index contributed by atoms with van der Waals surface area (Å²) in [6, 6.07) is 0. The molecule has 9 heteroatoms. The maximum absolute atomic E-state index is 10.7. The molecule has 0 aromatic heterocycles. The normalized spacial score (nSPS) is 12.9. The van der Waals surface area contributed by atoms with Crippen LogP contribution in [0.25, 0.3) is 0 Å². The molecule has 0 bridgehead atoms. The van der Waals surface area contributed by atoms with Crippen molar-refractivity contribution in [2.24, 2.45) is 4.99 Å². The van der Waals surface area contributed by atoms with E-state index in [2.05, 4.69) is 10.3 Å². The SMILES string of the molecule is CN=C(C)NC.O=S(=O)(O)C(F)(F)F. The quantitative estimate of drug-likeness (QED) is 0.280. The maximum Gasteiger partial charge on any atom is 0.522 e. The number of rotatable bonds is 0. The third-order valence-corrected chi connectivity index (χ3v) is 1.57. The summed E-state index contributed by atoms with van der Waals surface area (Å²) in [6.45, 7) is 1.92. The molecule has 2 N–H and O–H groups in total. The fraction of sp³-hybridized carbons (Fsp3) is 0.800. The van der Waals surface area contributed by atoms with Gasteiger partial charge in [-0.2, -0.15) is 21.6 Å². The fourth-order valence-corrected chi connectivity index (χ4v) is 0.112. The summed E-state index contributed by atoms with van der Waals surface area (Å²) in [6.07, 6.45) is 0. The topological polar surface area (TPSA) is 78.8 Å². The van der Waals surface area contributed by atoms with Gasteiger partial charge in [-0.15, -0.1) is 0 Å². The molecule has 0 fully saturated rings. The highest BCUT2D eigenvalue weighted by molar-refractivity contribution is 7.86. The zero-order chi connectivity index (χ0) is 12.0. The minimum Gasteiger partial charge on any atom is -0.377 e. The summed E-state index contributed by atoms with van der Waals surface area (Å²) in [7, 11) is -2.23. The van der Waals surface area contributed by atoms with Gasteiger partial charge in [0.15, 0.2) is 0 Å². The van der Waals surface area contributed by atoms with Crippen molar-refractivity contribution in [1.29, 1.82) is 0 Å². The van der Waals surface area contributed by atoms with Crippen LogP contribution in [0.5, 0.6) is 0 Å². The lowest BCUT2D eigenvalue weighted by Crippen LogP contribution is -2.21. The molecule has 0 aromatic rings. The lowest BCUT2D eigenvalue weighted by atomic mass is 10.7. The summed E-state index contributed by atoms with van der Waals surface area (Å²) < 4.78 is 57.5. The van der Waals surface area contributed by atoms with E-state index in [0.717, 1.165) is 5.84 Å². The second-order valence-corrected chi connectivity index (χ2v) is 3.39. The van der Waals surface area contributed by atoms with E-state index >= 15 is 0 Å². The monoisotopic (exact) mass is 236 g/mol. The van der Waals surface area contributed by atoms with Crippen LogP contribution in [0.3, 0.4) is 0 Å². The molecular weight excluding hydrogens is 225 g/mol. The molecule has 0 saturated heterocycles. The summed E-state index contributed by atoms with van der Waals surface area (Å²) in [4.78, 5) is 3.81. The molecule has 0 spiro atoms. The molecule has 0 aromatic carbocycles. The Morgan fingerprint density at radius 2 is 1.71 bits per heavy atom. The Labute approximate surface area is 79.8 Å². The number of hydrogen-bond donors (Lipinski definition) is 2. The first kappa shape index (κ1) is 15.6. The van der Waals surface area contributed by atoms with Crippen LogP contribution in [0, 0.1) is 0 Å². The number of nitrogens with zero attached hydrogens (tertiary/aromatic N) is 1. The average Bonchev–Trinajstić information content (AvgIpc) is 2.00. The van der Waals surface area contributed by atoms with Crippen LogP contribution in [0.4, 0.5) is 13.2 Å². The summed E-state index contributed by atoms with van der Waals surface area (Å²) in [5.74, 6) is 0.968. The first-order valence-electron chi connectivity index (χ1n) is 3.21. The molecule has 0 unspecified atom stereocenters. The Kier molecular flexibility index (Phi) is 6.48. The molecule has 0 rings (SSSR count). The Hall–Kier alpha value is -0.830. The molecule has 0 aliphatic carbocycles. The van der Waals surface area contributed by atoms with Crippen LogP contribution >= 0.6 is 0 Å². The lowest BCUT2D eigenvalue weighted by Gasteiger charge is -1.97. The van der Waals surface area contributed by atoms with Gasteiger partial charge in [-0.1, -0.05) is 0 Å². The number of nitrogens with one attached hydrogen (secondary N) is 1. The average molecular weight is 236 g/mol. The van der Waals surface area contributed by atoms with Crippen LogP contribution in [-0.2, 0) is 10.1 Å². The molecule has 86 valence electrons. The van der Waals surface area contributed by atoms with Crippen molar-refractivity contribution in [3.8, 4) is 0 Å². The van der Waals surface area contributed by atoms with Gasteiger partial charge in [0, 0.05) is 14.1 Å². The molecule has 0 atom stereocenters. The Balaban J connectivity index is 0. The van der Waals surface area contributed by atoms with Crippen molar-refractivity contribution in [2.75, 3.05) is 14.1 Å². The van der Waals surface area contributed by atoms with Gasteiger partial charge >= 0.3 is 15.6 Å². The highest BCUT2D eigenvalue weighted by Crippen LogP contribution is 2.20. The molecular formula is C5H11F3N2O3S. The molecule has 0 aliphatic rings. The van der Waals surface area contributed by atoms with Crippen LogP contribution in [-0.4, -0.2) is 38.4 Å². The number of hydrogen-bond acceptors (Lipinski definition) is 3. The second kappa shape index (κ2) is 5.81. The number of halogens is 3. The van der Waals surface area contributed by atoms with Crippen molar-refractivity contribution in [2.45, 2.75) is 12.4 Å². The van der Waals surface area contributed by atoms with E-state index in [0.29, 0.717) is 0 Å². The van der Waals surface area contributed by atoms with Crippen molar-refractivity contribution in [3.05, 3.63) is 0 Å². The van der Waals surface area contributed by atoms with Crippen LogP contribution in [0.2, 0.25) is 0 Å². The zero-order valence-electron chi connectivity index (χ0n) is 7.75. The van der Waals surface area contributed by atoms with E-state index in [1.165, 1.54) is 0 Å². The maximum atomic E-state index is 10.7. The molecule has 0 amide bonds. The van der Waals surface area contributed by atoms with Gasteiger partial charge < -0.3 is 5.32 Å². The van der Waals surface area contributed by atoms with Gasteiger partial charge in [0.2, 0.25) is 0 Å². The molecule has 14 heavy (non-hydrogen) atoms. The van der Waals surface area contributed by atoms with Crippen molar-refractivity contribution in [3.63, 3.8) is 0 Å². The van der Waals surface area contributed by atoms with E-state index in [9.17, 15) is 13.2 Å². The Bertz CT molecular complexity index is 283. The molecule has 5 nitrogen and oxygen atoms in total. The Morgan fingerprint density at radius 3 is 1.71 bits per heavy atom. The molecule has 0 aliphatic heterocycles. The van der Waals surface area contributed by atoms with Gasteiger partial charge in [-0.05, 0) is 6.92 Å². The fourth-order valence-electron chi connectivity index (χ4n) is 0.112. The minimum absolute atomic E-state index is 0.968. The first-order valence-corrected chi connectivity index (χ1v) is 4.65. The number of aliphatic imine (C=N–C) groups is 1. The zero-order valence-corrected chi connectivity index (χ0v) is 8.57. The molecule has 0 heterocycles. The van der Waals surface area contributed by atoms with Crippen LogP contribution in [0.15, 0.2) is 4.99 Å². The predicted molar refractivity (Wildman–Crippen MR) is 45.7 cm³/mol. The highest BCUT2D eigenvalue weighted by atomic mass is 32.2. The predicted octanol–water partition coefficient (Wildman–Crippen LogP) is 0.648. The Morgan fingerprint density at radius 1 is 1.43 bits per heavy atom. The summed E-state index contributed by atoms with van der Waals surface area (Å²) >= 11 is 0. The van der Waals surface area contributed by atoms with Gasteiger partial charge in [-0.25, -0.2) is 0 Å². The van der Waals surface area contributed by atoms with E-state index in [-0.39, 0.29) is 0 Å². The van der Waals surface area contributed by atoms with Gasteiger partial charge in [-0.3, -0.25) is 9.55 Å². The highest BCUT2D eigenvalue weighted by Gasteiger charge is 2.44. The molecule has 0 saturated carbocycles. The summed E-state index contributed by atoms with van der Waals surface area (Å²) in [5.41, 5.74) is -5.53. The van der Waals surface area contributed by atoms with Crippen LogP contribution in [0.1, 0.15) is 6.92 Å². The number of amidine groups is 1. The first-order chi connectivity index (χ1) is 6.06. The largest absolute Gasteiger partial charge is 0.522 e. The second-order valence-electron chi connectivity index (χ2n) is 1.98. The van der Waals surface area contributed by atoms with E-state index < -0.39 is 15.6 Å². The van der Waals surface area contributed by atoms with Gasteiger partial charge in [0.25, 0.3) is 0 Å². The third-order valence-electron chi connectivity index (χ3n) is 0.990. The van der Waals surface area contributed by atoms with Gasteiger partial charge in [0.1, 0.15) is 0 Å². The standard InChI is InChI=1S/C4H10N2.CHF3O3S/c1-4(5-2)6-3;2-1(3,4)8(5,6)7/h1-3H3,(H,5,6);(H,5,6,7). The van der Waals surface area contributed by atoms with E-state index in [1.54, 1.807) is 7.05 Å². The van der Waals surface area contributed by atoms with Crippen molar-refractivity contribution in [1.82, 2.24) is 5.32 Å². The minimum atomic E-state index is -5.84. The van der Waals surface area contributed by atoms with Crippen molar-refractivity contribution < 1.29 is 26.1 Å². The molecule has 0 radical (unpaired) electrons. The van der Waals surface area contributed by atoms with Gasteiger partial charge in [0.05, 0.1) is 5.84 Å². The third kappa shape index (κ3) is 7.80. The lowest BCUT2D eigenvalue weighted by molar-refractivity contribution is -0.0510. The van der Waals surface area contributed by atoms with Crippen LogP contribution < -0.4 is 5.32 Å². The summed E-state index contributed by atoms with van der Waals surface area (Å²) in [5, 5.41) is 2.86. The van der Waals surface area contributed by atoms with Crippen molar-refractivity contribution >= 4 is 16.0 Å². The number of alkyl halides is 3. The van der Waals surface area contributed by atoms with E-state index in [1.807, 2.05) is 14.0 Å². The van der Waals surface area contributed by atoms with E-state index in [4.69, 9.17) is 13.0 Å². The smallest absolute Gasteiger partial charge is 0.377 e.